The maximum Gasteiger partial charge on any atom is 0.414 e. The lowest BCUT2D eigenvalue weighted by molar-refractivity contribution is 0.224. The second-order valence-corrected chi connectivity index (χ2v) is 0.837. The van der Waals surface area contributed by atoms with E-state index in [0.29, 0.717) is 0 Å². The Kier molecular flexibility index (Phi) is 7.73. The molecule has 0 saturated carbocycles. The first-order valence-electron chi connectivity index (χ1n) is 0.851. The van der Waals surface area contributed by atoms with E-state index in [1.807, 2.05) is 0 Å². The largest absolute Gasteiger partial charge is 0.414 e. The Hall–Kier alpha value is -0.0400. The molecule has 0 aliphatic carbocycles. The highest BCUT2D eigenvalue weighted by Crippen LogP contribution is 1.79. The van der Waals surface area contributed by atoms with Crippen LogP contribution in [0.15, 0.2) is 0 Å². The van der Waals surface area contributed by atoms with Gasteiger partial charge in [0.2, 0.25) is 0 Å². The molecular weight excluding hydrogens is 199 g/mol. The third kappa shape index (κ3) is 9.03. The first-order chi connectivity index (χ1) is 2.27. The van der Waals surface area contributed by atoms with Crippen LogP contribution in [0.4, 0.5) is 4.79 Å². The van der Waals surface area contributed by atoms with Crippen molar-refractivity contribution in [2.24, 2.45) is 5.73 Å². The molecule has 1 amide bonds. The van der Waals surface area contributed by atoms with E-state index >= 15 is 0 Å². The average Bonchev–Trinajstić information content (AvgIpc) is 1.38. The molecule has 0 unspecified atom stereocenters. The summed E-state index contributed by atoms with van der Waals surface area (Å²) in [6.07, 6.45) is -0.759. The van der Waals surface area contributed by atoms with E-state index in [9.17, 15) is 4.79 Å². The zero-order valence-corrected chi connectivity index (χ0v) is 5.14. The van der Waals surface area contributed by atoms with Crippen molar-refractivity contribution < 1.29 is 7.86 Å². The predicted molar refractivity (Wildman–Crippen MR) is 29.7 cm³/mol. The van der Waals surface area contributed by atoms with Crippen LogP contribution in [-0.4, -0.2) is 6.09 Å². The number of rotatable bonds is 0. The Morgan fingerprint density at radius 2 is 2.00 bits per heavy atom. The van der Waals surface area contributed by atoms with Crippen LogP contribution in [0.5, 0.6) is 0 Å². The zero-order chi connectivity index (χ0) is 4.28. The Bertz CT molecular complexity index is 46.8. The maximum atomic E-state index is 9.36. The highest BCUT2D eigenvalue weighted by molar-refractivity contribution is 14.1. The number of halogens is 1. The van der Waals surface area contributed by atoms with Gasteiger partial charge in [0.25, 0.3) is 0 Å². The van der Waals surface area contributed by atoms with Crippen molar-refractivity contribution in [3.8, 4) is 0 Å². The van der Waals surface area contributed by atoms with Crippen LogP contribution < -0.4 is 11.9 Å². The number of amides is 1. The molecule has 38 valence electrons. The van der Waals surface area contributed by atoms with E-state index < -0.39 is 6.09 Å². The molecule has 0 radical (unpaired) electrons. The van der Waals surface area contributed by atoms with Crippen molar-refractivity contribution >= 4 is 29.1 Å². The molecule has 0 bridgehead atoms. The molecule has 0 rings (SSSR count). The molecule has 0 saturated heterocycles. The summed E-state index contributed by atoms with van der Waals surface area (Å²) in [6.45, 7) is 0. The summed E-state index contributed by atoms with van der Waals surface area (Å²) in [5, 5.41) is 0. The number of hydrogen-bond donors (Lipinski definition) is 2. The van der Waals surface area contributed by atoms with Crippen molar-refractivity contribution in [3.63, 3.8) is 0 Å². The summed E-state index contributed by atoms with van der Waals surface area (Å²) < 4.78 is 3.86. The normalized spacial score (nSPS) is 5.50. The second kappa shape index (κ2) is 4.96. The number of carbonyl (C=O) groups excluding carboxylic acids is 1. The number of hydrogen-bond acceptors (Lipinski definition) is 3. The summed E-state index contributed by atoms with van der Waals surface area (Å²) in [4.78, 5) is 9.36. The fraction of sp³-hybridized carbons (Fsp3) is 0. The predicted octanol–water partition coefficient (Wildman–Crippen LogP) is 0.594. The van der Waals surface area contributed by atoms with Gasteiger partial charge in [0.05, 0.1) is 0 Å². The van der Waals surface area contributed by atoms with Gasteiger partial charge in [-0.1, -0.05) is 0 Å². The van der Waals surface area contributed by atoms with Crippen molar-refractivity contribution in [1.82, 2.24) is 6.15 Å². The molecule has 0 aromatic rings. The van der Waals surface area contributed by atoms with Crippen LogP contribution in [0.2, 0.25) is 0 Å². The Morgan fingerprint density at radius 1 is 1.83 bits per heavy atom. The van der Waals surface area contributed by atoms with E-state index in [4.69, 9.17) is 0 Å². The molecule has 0 heterocycles. The summed E-state index contributed by atoms with van der Waals surface area (Å²) in [5.41, 5.74) is 4.42. The van der Waals surface area contributed by atoms with Crippen molar-refractivity contribution in [2.45, 2.75) is 0 Å². The molecule has 5 N–H and O–H groups in total. The molecule has 0 aliphatic heterocycles. The molecule has 0 spiro atoms. The quantitative estimate of drug-likeness (QED) is 0.566. The minimum atomic E-state index is -0.759. The second-order valence-electron chi connectivity index (χ2n) is 0.396. The molecule has 0 aromatic heterocycles. The third-order valence-electron chi connectivity index (χ3n) is 0.0760. The summed E-state index contributed by atoms with van der Waals surface area (Å²) in [7, 11) is 0. The first kappa shape index (κ1) is 9.35. The van der Waals surface area contributed by atoms with E-state index in [2.05, 4.69) is 8.80 Å². The molecule has 0 aromatic carbocycles. The van der Waals surface area contributed by atoms with Gasteiger partial charge < -0.3 is 15.0 Å². The van der Waals surface area contributed by atoms with Gasteiger partial charge in [0, 0.05) is 0 Å². The monoisotopic (exact) mass is 204 g/mol. The number of primary amides is 1. The minimum Gasteiger partial charge on any atom is -0.379 e. The van der Waals surface area contributed by atoms with E-state index in [1.165, 1.54) is 23.0 Å². The number of nitrogens with two attached hydrogens (primary N) is 1. The van der Waals surface area contributed by atoms with Gasteiger partial charge in [-0.25, -0.2) is 4.79 Å². The van der Waals surface area contributed by atoms with Crippen LogP contribution in [-0.2, 0) is 3.07 Å². The summed E-state index contributed by atoms with van der Waals surface area (Å²) in [5.74, 6) is 0. The maximum absolute atomic E-state index is 9.36. The average molecular weight is 204 g/mol. The van der Waals surface area contributed by atoms with Crippen molar-refractivity contribution in [3.05, 3.63) is 0 Å². The smallest absolute Gasteiger partial charge is 0.379 e. The van der Waals surface area contributed by atoms with Gasteiger partial charge in [-0.3, -0.25) is 0 Å². The minimum absolute atomic E-state index is 0. The highest BCUT2D eigenvalue weighted by Gasteiger charge is 1.79. The van der Waals surface area contributed by atoms with Crippen LogP contribution in [0.25, 0.3) is 0 Å². The van der Waals surface area contributed by atoms with Crippen molar-refractivity contribution in [2.75, 3.05) is 0 Å². The van der Waals surface area contributed by atoms with Gasteiger partial charge in [-0.15, -0.1) is 0 Å². The van der Waals surface area contributed by atoms with E-state index in [0.717, 1.165) is 0 Å². The molecule has 5 heteroatoms. The van der Waals surface area contributed by atoms with E-state index in [1.54, 1.807) is 0 Å². The van der Waals surface area contributed by atoms with Gasteiger partial charge in [0.1, 0.15) is 0 Å². The van der Waals surface area contributed by atoms with Crippen LogP contribution >= 0.6 is 23.0 Å². The topological polar surface area (TPSA) is 87.3 Å². The Balaban J connectivity index is 0. The number of carbonyl (C=O) groups is 1. The van der Waals surface area contributed by atoms with Crippen LogP contribution in [0.1, 0.15) is 0 Å². The molecule has 0 aliphatic rings. The Morgan fingerprint density at radius 3 is 2.00 bits per heavy atom. The van der Waals surface area contributed by atoms with Crippen LogP contribution in [0.3, 0.4) is 0 Å². The van der Waals surface area contributed by atoms with Gasteiger partial charge in [0.15, 0.2) is 23.0 Å². The SMILES string of the molecule is N.NC(=O)OI. The van der Waals surface area contributed by atoms with Crippen molar-refractivity contribution in [1.29, 1.82) is 0 Å². The van der Waals surface area contributed by atoms with Gasteiger partial charge in [-0.2, -0.15) is 0 Å². The standard InChI is InChI=1S/CH2INO2.H3N/c2-5-1(3)4;/h(H2,3,4);1H3. The van der Waals surface area contributed by atoms with E-state index in [-0.39, 0.29) is 6.15 Å². The first-order valence-corrected chi connectivity index (χ1v) is 1.73. The Labute approximate surface area is 49.3 Å². The summed E-state index contributed by atoms with van der Waals surface area (Å²) in [6, 6.07) is 0. The molecule has 0 atom stereocenters. The summed E-state index contributed by atoms with van der Waals surface area (Å²) >= 11 is 1.40. The fourth-order valence-electron chi connectivity index (χ4n) is 0. The lowest BCUT2D eigenvalue weighted by atomic mass is 11.3. The fourth-order valence-corrected chi connectivity index (χ4v) is 0. The molecule has 0 fully saturated rings. The highest BCUT2D eigenvalue weighted by atomic mass is 127. The molecule has 4 nitrogen and oxygen atoms in total. The van der Waals surface area contributed by atoms with Crippen LogP contribution in [0, 0.1) is 0 Å². The lowest BCUT2D eigenvalue weighted by Crippen LogP contribution is -2.05. The lowest BCUT2D eigenvalue weighted by Gasteiger charge is -1.76. The molecule has 6 heavy (non-hydrogen) atoms. The van der Waals surface area contributed by atoms with Gasteiger partial charge >= 0.3 is 6.09 Å². The van der Waals surface area contributed by atoms with Gasteiger partial charge in [-0.05, 0) is 0 Å². The zero-order valence-electron chi connectivity index (χ0n) is 2.98. The molecular formula is CH5IN2O2. The third-order valence-corrected chi connectivity index (χ3v) is 0.510.